The summed E-state index contributed by atoms with van der Waals surface area (Å²) in [7, 11) is 0. The molecule has 0 aromatic heterocycles. The van der Waals surface area contributed by atoms with Gasteiger partial charge in [-0.3, -0.25) is 4.90 Å². The number of ether oxygens (including phenoxy) is 1. The molecule has 1 saturated heterocycles. The van der Waals surface area contributed by atoms with Crippen LogP contribution in [0.2, 0.25) is 0 Å². The van der Waals surface area contributed by atoms with Crippen LogP contribution in [-0.4, -0.2) is 47.1 Å². The number of rotatable bonds is 3. The van der Waals surface area contributed by atoms with Gasteiger partial charge in [0.1, 0.15) is 0 Å². The lowest BCUT2D eigenvalue weighted by molar-refractivity contribution is -0.178. The van der Waals surface area contributed by atoms with Gasteiger partial charge in [-0.1, -0.05) is 0 Å². The van der Waals surface area contributed by atoms with Gasteiger partial charge in [0.05, 0.1) is 29.9 Å². The number of hydrogen-bond donors (Lipinski definition) is 2. The van der Waals surface area contributed by atoms with Crippen LogP contribution in [-0.2, 0) is 17.1 Å². The van der Waals surface area contributed by atoms with E-state index in [0.29, 0.717) is 12.1 Å². The second kappa shape index (κ2) is 7.10. The molecule has 25 heavy (non-hydrogen) atoms. The minimum Gasteiger partial charge on any atom is -0.387 e. The van der Waals surface area contributed by atoms with Crippen LogP contribution in [0.25, 0.3) is 0 Å². The first-order valence-corrected chi connectivity index (χ1v) is 7.40. The fourth-order valence-corrected chi connectivity index (χ4v) is 2.57. The SMILES string of the molecule is CC1C(O)OCCN1CC(O)c1cc(C(F)(F)F)cc(C(F)(F)F)c1. The Kier molecular flexibility index (Phi) is 5.67. The average molecular weight is 373 g/mol. The number of halogens is 6. The molecule has 1 aromatic carbocycles. The molecule has 0 saturated carbocycles. The van der Waals surface area contributed by atoms with Gasteiger partial charge in [0, 0.05) is 13.1 Å². The number of nitrogens with zero attached hydrogens (tertiary/aromatic N) is 1. The molecule has 1 aliphatic rings. The van der Waals surface area contributed by atoms with Crippen molar-refractivity contribution in [3.8, 4) is 0 Å². The molecule has 0 aliphatic carbocycles. The zero-order valence-electron chi connectivity index (χ0n) is 13.1. The maximum atomic E-state index is 12.9. The van der Waals surface area contributed by atoms with E-state index >= 15 is 0 Å². The van der Waals surface area contributed by atoms with Crippen molar-refractivity contribution >= 4 is 0 Å². The molecule has 0 bridgehead atoms. The van der Waals surface area contributed by atoms with Crippen molar-refractivity contribution in [2.24, 2.45) is 0 Å². The second-order valence-corrected chi connectivity index (χ2v) is 5.85. The third-order valence-electron chi connectivity index (χ3n) is 4.06. The van der Waals surface area contributed by atoms with Gasteiger partial charge in [0.2, 0.25) is 0 Å². The molecule has 142 valence electrons. The van der Waals surface area contributed by atoms with Crippen LogP contribution in [0.15, 0.2) is 18.2 Å². The predicted molar refractivity (Wildman–Crippen MR) is 74.4 cm³/mol. The molecule has 2 rings (SSSR count). The molecule has 0 amide bonds. The third-order valence-corrected chi connectivity index (χ3v) is 4.06. The highest BCUT2D eigenvalue weighted by Crippen LogP contribution is 2.37. The Hall–Kier alpha value is -1.36. The van der Waals surface area contributed by atoms with Crippen molar-refractivity contribution in [2.45, 2.75) is 37.7 Å². The van der Waals surface area contributed by atoms with Gasteiger partial charge in [-0.15, -0.1) is 0 Å². The molecule has 1 heterocycles. The molecule has 1 aliphatic heterocycles. The van der Waals surface area contributed by atoms with Crippen molar-refractivity contribution in [3.63, 3.8) is 0 Å². The maximum absolute atomic E-state index is 12.9. The highest BCUT2D eigenvalue weighted by atomic mass is 19.4. The van der Waals surface area contributed by atoms with Crippen molar-refractivity contribution in [1.82, 2.24) is 4.90 Å². The highest BCUT2D eigenvalue weighted by Gasteiger charge is 2.38. The number of benzene rings is 1. The molecule has 0 radical (unpaired) electrons. The van der Waals surface area contributed by atoms with Crippen LogP contribution in [0.1, 0.15) is 29.7 Å². The molecule has 2 N–H and O–H groups in total. The third kappa shape index (κ3) is 4.84. The molecule has 3 atom stereocenters. The van der Waals surface area contributed by atoms with E-state index in [1.54, 1.807) is 6.92 Å². The minimum atomic E-state index is -4.97. The minimum absolute atomic E-state index is 0.0112. The standard InChI is InChI=1S/C15H17F6NO3/c1-8-13(24)25-3-2-22(8)7-12(23)9-4-10(14(16,17)18)6-11(5-9)15(19,20)21/h4-6,8,12-13,23-24H,2-3,7H2,1H3. The Balaban J connectivity index is 2.30. The van der Waals surface area contributed by atoms with E-state index in [2.05, 4.69) is 0 Å². The molecular weight excluding hydrogens is 356 g/mol. The lowest BCUT2D eigenvalue weighted by Crippen LogP contribution is -2.50. The summed E-state index contributed by atoms with van der Waals surface area (Å²) in [5.41, 5.74) is -3.45. The van der Waals surface area contributed by atoms with Crippen molar-refractivity contribution < 1.29 is 41.3 Å². The highest BCUT2D eigenvalue weighted by molar-refractivity contribution is 5.35. The molecule has 3 unspecified atom stereocenters. The first-order chi connectivity index (χ1) is 11.4. The molecular formula is C15H17F6NO3. The summed E-state index contributed by atoms with van der Waals surface area (Å²) < 4.78 is 82.1. The second-order valence-electron chi connectivity index (χ2n) is 5.85. The van der Waals surface area contributed by atoms with Gasteiger partial charge in [0.15, 0.2) is 6.29 Å². The Morgan fingerprint density at radius 1 is 1.12 bits per heavy atom. The summed E-state index contributed by atoms with van der Waals surface area (Å²) in [6.07, 6.45) is -12.7. The largest absolute Gasteiger partial charge is 0.416 e. The van der Waals surface area contributed by atoms with Crippen LogP contribution in [0.5, 0.6) is 0 Å². The fraction of sp³-hybridized carbons (Fsp3) is 0.600. The summed E-state index contributed by atoms with van der Waals surface area (Å²) in [5, 5.41) is 19.7. The van der Waals surface area contributed by atoms with Crippen molar-refractivity contribution in [3.05, 3.63) is 34.9 Å². The fourth-order valence-electron chi connectivity index (χ4n) is 2.57. The first kappa shape index (κ1) is 20.0. The Morgan fingerprint density at radius 3 is 2.12 bits per heavy atom. The van der Waals surface area contributed by atoms with Gasteiger partial charge in [-0.05, 0) is 30.7 Å². The van der Waals surface area contributed by atoms with Crippen molar-refractivity contribution in [2.75, 3.05) is 19.7 Å². The molecule has 0 spiro atoms. The first-order valence-electron chi connectivity index (χ1n) is 7.40. The molecule has 4 nitrogen and oxygen atoms in total. The Morgan fingerprint density at radius 2 is 1.64 bits per heavy atom. The van der Waals surface area contributed by atoms with Gasteiger partial charge in [0.25, 0.3) is 0 Å². The van der Waals surface area contributed by atoms with E-state index in [4.69, 9.17) is 4.74 Å². The van der Waals surface area contributed by atoms with E-state index in [1.807, 2.05) is 0 Å². The van der Waals surface area contributed by atoms with Gasteiger partial charge in [-0.2, -0.15) is 26.3 Å². The predicted octanol–water partition coefficient (Wildman–Crippen LogP) is 2.80. The summed E-state index contributed by atoms with van der Waals surface area (Å²) in [5.74, 6) is 0. The Labute approximate surface area is 139 Å². The van der Waals surface area contributed by atoms with Crippen LogP contribution in [0.4, 0.5) is 26.3 Å². The van der Waals surface area contributed by atoms with E-state index < -0.39 is 47.5 Å². The molecule has 1 fully saturated rings. The summed E-state index contributed by atoms with van der Waals surface area (Å²) in [6.45, 7) is 1.75. The zero-order chi connectivity index (χ0) is 19.0. The zero-order valence-corrected chi connectivity index (χ0v) is 13.1. The van der Waals surface area contributed by atoms with E-state index in [0.717, 1.165) is 0 Å². The van der Waals surface area contributed by atoms with E-state index in [-0.39, 0.29) is 25.8 Å². The molecule has 10 heteroatoms. The van der Waals surface area contributed by atoms with E-state index in [9.17, 15) is 36.6 Å². The van der Waals surface area contributed by atoms with Gasteiger partial charge < -0.3 is 14.9 Å². The monoisotopic (exact) mass is 373 g/mol. The average Bonchev–Trinajstić information content (AvgIpc) is 2.49. The summed E-state index contributed by atoms with van der Waals surface area (Å²) in [6, 6.07) is 0.455. The van der Waals surface area contributed by atoms with E-state index in [1.165, 1.54) is 4.90 Å². The molecule has 1 aromatic rings. The number of β-amino-alcohol motifs (C(OH)–C–C–N with tert-alkyl or cyclic N) is 1. The van der Waals surface area contributed by atoms with Crippen molar-refractivity contribution in [1.29, 1.82) is 0 Å². The number of morpholine rings is 1. The van der Waals surface area contributed by atoms with Crippen LogP contribution in [0, 0.1) is 0 Å². The smallest absolute Gasteiger partial charge is 0.387 e. The summed E-state index contributed by atoms with van der Waals surface area (Å²) in [4.78, 5) is 1.53. The number of aliphatic hydroxyl groups excluding tert-OH is 2. The quantitative estimate of drug-likeness (QED) is 0.801. The van der Waals surface area contributed by atoms with Crippen LogP contribution in [0.3, 0.4) is 0 Å². The number of alkyl halides is 6. The normalized spacial score (nSPS) is 24.4. The summed E-state index contributed by atoms with van der Waals surface area (Å²) >= 11 is 0. The van der Waals surface area contributed by atoms with Crippen LogP contribution < -0.4 is 0 Å². The lowest BCUT2D eigenvalue weighted by atomic mass is 10.00. The number of hydrogen-bond acceptors (Lipinski definition) is 4. The van der Waals surface area contributed by atoms with Gasteiger partial charge in [-0.25, -0.2) is 0 Å². The van der Waals surface area contributed by atoms with Gasteiger partial charge >= 0.3 is 12.4 Å². The van der Waals surface area contributed by atoms with Crippen LogP contribution >= 0.6 is 0 Å². The number of aliphatic hydroxyl groups is 2. The Bertz CT molecular complexity index is 572. The topological polar surface area (TPSA) is 52.9 Å². The lowest BCUT2D eigenvalue weighted by Gasteiger charge is -2.37. The maximum Gasteiger partial charge on any atom is 0.416 e.